The largest absolute Gasteiger partial charge is 0.397 e. The monoisotopic (exact) mass is 331 g/mol. The van der Waals surface area contributed by atoms with E-state index in [0.29, 0.717) is 16.7 Å². The van der Waals surface area contributed by atoms with E-state index >= 15 is 0 Å². The van der Waals surface area contributed by atoms with Gasteiger partial charge >= 0.3 is 0 Å². The summed E-state index contributed by atoms with van der Waals surface area (Å²) in [5, 5.41) is 0. The van der Waals surface area contributed by atoms with Crippen LogP contribution in [0.4, 0.5) is 5.69 Å². The predicted molar refractivity (Wildman–Crippen MR) is 95.5 cm³/mol. The van der Waals surface area contributed by atoms with Gasteiger partial charge in [0.25, 0.3) is 0 Å². The van der Waals surface area contributed by atoms with Crippen LogP contribution < -0.4 is 5.73 Å². The number of benzene rings is 2. The number of carbonyl (C=O) groups is 3. The summed E-state index contributed by atoms with van der Waals surface area (Å²) >= 11 is 0. The van der Waals surface area contributed by atoms with E-state index in [1.165, 1.54) is 0 Å². The number of fused-ring (bicyclic) bond motifs is 2. The van der Waals surface area contributed by atoms with Crippen molar-refractivity contribution in [2.45, 2.75) is 20.8 Å². The molecule has 3 rings (SSSR count). The highest BCUT2D eigenvalue weighted by Crippen LogP contribution is 2.32. The third kappa shape index (κ3) is 2.74. The zero-order chi connectivity index (χ0) is 18.4. The summed E-state index contributed by atoms with van der Waals surface area (Å²) in [4.78, 5) is 37.4. The van der Waals surface area contributed by atoms with Gasteiger partial charge in [-0.1, -0.05) is 51.0 Å². The van der Waals surface area contributed by atoms with Gasteiger partial charge in [-0.15, -0.1) is 0 Å². The topological polar surface area (TPSA) is 77.2 Å². The summed E-state index contributed by atoms with van der Waals surface area (Å²) in [7, 11) is 0. The molecular formula is C21H17NO3. The van der Waals surface area contributed by atoms with Crippen molar-refractivity contribution in [1.29, 1.82) is 0 Å². The van der Waals surface area contributed by atoms with Crippen LogP contribution in [0.5, 0.6) is 0 Å². The Labute approximate surface area is 146 Å². The lowest BCUT2D eigenvalue weighted by Gasteiger charge is -2.19. The molecule has 2 aromatic rings. The Morgan fingerprint density at radius 2 is 1.52 bits per heavy atom. The smallest absolute Gasteiger partial charge is 0.211 e. The number of nitrogens with two attached hydrogens (primary N) is 1. The molecule has 4 heteroatoms. The third-order valence-corrected chi connectivity index (χ3v) is 4.13. The first-order chi connectivity index (χ1) is 11.7. The molecule has 0 amide bonds. The minimum Gasteiger partial charge on any atom is -0.397 e. The highest BCUT2D eigenvalue weighted by Gasteiger charge is 2.31. The van der Waals surface area contributed by atoms with Crippen molar-refractivity contribution in [2.24, 2.45) is 5.41 Å². The van der Waals surface area contributed by atoms with Crippen molar-refractivity contribution >= 4 is 23.0 Å². The molecule has 0 radical (unpaired) electrons. The number of hydrogen-bond acceptors (Lipinski definition) is 4. The number of nitrogen functional groups attached to an aromatic ring is 1. The van der Waals surface area contributed by atoms with E-state index in [1.54, 1.807) is 57.2 Å². The van der Waals surface area contributed by atoms with Gasteiger partial charge in [-0.25, -0.2) is 0 Å². The number of rotatable bonds is 0. The molecule has 25 heavy (non-hydrogen) atoms. The fraction of sp³-hybridized carbons (Fsp3) is 0.190. The highest BCUT2D eigenvalue weighted by atomic mass is 16.1. The van der Waals surface area contributed by atoms with E-state index < -0.39 is 5.41 Å². The zero-order valence-electron chi connectivity index (χ0n) is 14.3. The maximum absolute atomic E-state index is 12.8. The first-order valence-electron chi connectivity index (χ1n) is 7.89. The summed E-state index contributed by atoms with van der Waals surface area (Å²) < 4.78 is 0. The molecule has 0 spiro atoms. The van der Waals surface area contributed by atoms with Gasteiger partial charge in [0.2, 0.25) is 5.78 Å². The van der Waals surface area contributed by atoms with Crippen molar-refractivity contribution in [3.8, 4) is 11.8 Å². The highest BCUT2D eigenvalue weighted by molar-refractivity contribution is 6.30. The van der Waals surface area contributed by atoms with Crippen molar-refractivity contribution in [3.63, 3.8) is 0 Å². The maximum Gasteiger partial charge on any atom is 0.211 e. The molecule has 1 aliphatic rings. The molecular weight excluding hydrogens is 314 g/mol. The lowest BCUT2D eigenvalue weighted by Crippen LogP contribution is -2.22. The standard InChI is InChI=1S/C21H17NO3/c1-21(2,3)16(23)11-9-12-8-10-15-17(18(12)22)20(25)14-7-5-4-6-13(14)19(15)24/h4-8,10H,22H2,1-3H3. The molecule has 2 N–H and O–H groups in total. The van der Waals surface area contributed by atoms with Gasteiger partial charge < -0.3 is 5.73 Å². The SMILES string of the molecule is CC(C)(C)C(=O)C#Cc1ccc2c(c1N)C(=O)c1ccccc1C2=O. The van der Waals surface area contributed by atoms with E-state index in [-0.39, 0.29) is 34.2 Å². The first kappa shape index (κ1) is 16.7. The van der Waals surface area contributed by atoms with Crippen LogP contribution in [-0.4, -0.2) is 17.3 Å². The van der Waals surface area contributed by atoms with Crippen LogP contribution in [0.1, 0.15) is 58.2 Å². The number of Topliss-reactive ketones (excluding diaryl/α,β-unsaturated/α-hetero) is 1. The molecule has 0 aliphatic heterocycles. The quantitative estimate of drug-likeness (QED) is 0.507. The molecule has 0 aromatic heterocycles. The molecule has 2 aromatic carbocycles. The second-order valence-electron chi connectivity index (χ2n) is 6.98. The maximum atomic E-state index is 12.8. The van der Waals surface area contributed by atoms with Crippen molar-refractivity contribution in [2.75, 3.05) is 5.73 Å². The summed E-state index contributed by atoms with van der Waals surface area (Å²) in [5.74, 6) is 4.55. The Hall–Kier alpha value is -3.19. The van der Waals surface area contributed by atoms with Crippen LogP contribution >= 0.6 is 0 Å². The van der Waals surface area contributed by atoms with Crippen LogP contribution in [0, 0.1) is 17.3 Å². The lowest BCUT2D eigenvalue weighted by molar-refractivity contribution is -0.120. The number of carbonyl (C=O) groups excluding carboxylic acids is 3. The normalized spacial score (nSPS) is 12.8. The van der Waals surface area contributed by atoms with Gasteiger partial charge in [-0.05, 0) is 18.1 Å². The Bertz CT molecular complexity index is 998. The molecule has 1 aliphatic carbocycles. The van der Waals surface area contributed by atoms with Gasteiger partial charge in [0.05, 0.1) is 11.3 Å². The summed E-state index contributed by atoms with van der Waals surface area (Å²) in [6, 6.07) is 9.79. The van der Waals surface area contributed by atoms with E-state index in [1.807, 2.05) is 0 Å². The van der Waals surface area contributed by atoms with E-state index in [9.17, 15) is 14.4 Å². The Morgan fingerprint density at radius 3 is 2.12 bits per heavy atom. The van der Waals surface area contributed by atoms with Crippen LogP contribution in [0.3, 0.4) is 0 Å². The van der Waals surface area contributed by atoms with Gasteiger partial charge in [0.1, 0.15) is 0 Å². The number of ketones is 3. The van der Waals surface area contributed by atoms with E-state index in [4.69, 9.17) is 5.73 Å². The average molecular weight is 331 g/mol. The van der Waals surface area contributed by atoms with Crippen molar-refractivity contribution in [3.05, 3.63) is 64.2 Å². The molecule has 4 nitrogen and oxygen atoms in total. The van der Waals surface area contributed by atoms with Crippen molar-refractivity contribution in [1.82, 2.24) is 0 Å². The summed E-state index contributed by atoms with van der Waals surface area (Å²) in [5.41, 5.74) is 7.20. The number of hydrogen-bond donors (Lipinski definition) is 1. The van der Waals surface area contributed by atoms with E-state index in [2.05, 4.69) is 11.8 Å². The van der Waals surface area contributed by atoms with Gasteiger partial charge in [0, 0.05) is 27.7 Å². The molecule has 0 bridgehead atoms. The van der Waals surface area contributed by atoms with Gasteiger partial charge in [0.15, 0.2) is 11.6 Å². The van der Waals surface area contributed by atoms with E-state index in [0.717, 1.165) is 0 Å². The lowest BCUT2D eigenvalue weighted by atomic mass is 9.82. The molecule has 0 atom stereocenters. The zero-order valence-corrected chi connectivity index (χ0v) is 14.3. The fourth-order valence-corrected chi connectivity index (χ4v) is 2.63. The van der Waals surface area contributed by atoms with Crippen LogP contribution in [0.15, 0.2) is 36.4 Å². The van der Waals surface area contributed by atoms with Gasteiger partial charge in [-0.2, -0.15) is 0 Å². The second-order valence-corrected chi connectivity index (χ2v) is 6.98. The first-order valence-corrected chi connectivity index (χ1v) is 7.89. The molecule has 124 valence electrons. The third-order valence-electron chi connectivity index (χ3n) is 4.13. The molecule has 0 heterocycles. The Balaban J connectivity index is 2.13. The minimum absolute atomic E-state index is 0.138. The molecule has 0 unspecified atom stereocenters. The molecule has 0 saturated heterocycles. The second kappa shape index (κ2) is 5.71. The molecule has 0 saturated carbocycles. The van der Waals surface area contributed by atoms with Crippen LogP contribution in [-0.2, 0) is 4.79 Å². The van der Waals surface area contributed by atoms with Gasteiger partial charge in [-0.3, -0.25) is 14.4 Å². The average Bonchev–Trinajstić information content (AvgIpc) is 2.57. The molecule has 0 fully saturated rings. The Kier molecular flexibility index (Phi) is 3.81. The van der Waals surface area contributed by atoms with Crippen LogP contribution in [0.2, 0.25) is 0 Å². The number of anilines is 1. The minimum atomic E-state index is -0.583. The summed E-state index contributed by atoms with van der Waals surface area (Å²) in [6.45, 7) is 5.33. The van der Waals surface area contributed by atoms with Crippen molar-refractivity contribution < 1.29 is 14.4 Å². The Morgan fingerprint density at radius 1 is 0.920 bits per heavy atom. The summed E-state index contributed by atoms with van der Waals surface area (Å²) in [6.07, 6.45) is 0. The predicted octanol–water partition coefficient (Wildman–Crippen LogP) is 3.01. The van der Waals surface area contributed by atoms with Crippen LogP contribution in [0.25, 0.3) is 0 Å². The fourth-order valence-electron chi connectivity index (χ4n) is 2.63.